The average Bonchev–Trinajstić information content (AvgIpc) is 2.75. The van der Waals surface area contributed by atoms with Crippen molar-refractivity contribution in [2.24, 2.45) is 0 Å². The second-order valence-electron chi connectivity index (χ2n) is 4.85. The molecule has 3 nitrogen and oxygen atoms in total. The Labute approximate surface area is 109 Å². The third kappa shape index (κ3) is 4.00. The molecule has 0 radical (unpaired) electrons. The predicted molar refractivity (Wildman–Crippen MR) is 71.4 cm³/mol. The van der Waals surface area contributed by atoms with E-state index >= 15 is 0 Å². The zero-order chi connectivity index (χ0) is 11.9. The first-order chi connectivity index (χ1) is 8.40. The van der Waals surface area contributed by atoms with Crippen molar-refractivity contribution in [3.8, 4) is 0 Å². The summed E-state index contributed by atoms with van der Waals surface area (Å²) in [6.07, 6.45) is 12.3. The fourth-order valence-corrected chi connectivity index (χ4v) is 2.93. The number of aromatic nitrogens is 2. The minimum Gasteiger partial charge on any atom is -0.337 e. The van der Waals surface area contributed by atoms with Crippen molar-refractivity contribution in [1.82, 2.24) is 14.5 Å². The maximum atomic E-state index is 6.07. The van der Waals surface area contributed by atoms with Gasteiger partial charge in [-0.3, -0.25) is 4.90 Å². The van der Waals surface area contributed by atoms with Gasteiger partial charge in [-0.1, -0.05) is 12.8 Å². The van der Waals surface area contributed by atoms with Gasteiger partial charge in [0, 0.05) is 37.4 Å². The van der Waals surface area contributed by atoms with Crippen LogP contribution in [0.3, 0.4) is 0 Å². The van der Waals surface area contributed by atoms with Crippen molar-refractivity contribution in [2.45, 2.75) is 44.7 Å². The highest BCUT2D eigenvalue weighted by Gasteiger charge is 2.19. The Kier molecular flexibility index (Phi) is 5.33. The van der Waals surface area contributed by atoms with Gasteiger partial charge in [-0.25, -0.2) is 4.98 Å². The van der Waals surface area contributed by atoms with Crippen LogP contribution in [0.2, 0.25) is 0 Å². The summed E-state index contributed by atoms with van der Waals surface area (Å²) in [5.41, 5.74) is 0. The number of aryl methyl sites for hydroxylation is 1. The molecule has 0 saturated carbocycles. The van der Waals surface area contributed by atoms with Gasteiger partial charge >= 0.3 is 0 Å². The van der Waals surface area contributed by atoms with Gasteiger partial charge in [0.15, 0.2) is 0 Å². The van der Waals surface area contributed by atoms with Gasteiger partial charge in [0.25, 0.3) is 0 Å². The molecular formula is C13H22ClN3. The van der Waals surface area contributed by atoms with E-state index in [1.54, 1.807) is 0 Å². The molecular weight excluding hydrogens is 234 g/mol. The van der Waals surface area contributed by atoms with Crippen LogP contribution in [0.4, 0.5) is 0 Å². The van der Waals surface area contributed by atoms with Crippen LogP contribution in [0.15, 0.2) is 18.7 Å². The summed E-state index contributed by atoms with van der Waals surface area (Å²) in [5, 5.41) is 0. The summed E-state index contributed by atoms with van der Waals surface area (Å²) >= 11 is 6.07. The number of rotatable bonds is 5. The highest BCUT2D eigenvalue weighted by atomic mass is 35.5. The summed E-state index contributed by atoms with van der Waals surface area (Å²) < 4.78 is 2.15. The van der Waals surface area contributed by atoms with E-state index in [2.05, 4.69) is 14.5 Å². The fourth-order valence-electron chi connectivity index (χ4n) is 2.58. The topological polar surface area (TPSA) is 21.1 Å². The van der Waals surface area contributed by atoms with Crippen molar-refractivity contribution in [1.29, 1.82) is 0 Å². The number of likely N-dealkylation sites (tertiary alicyclic amines) is 1. The summed E-state index contributed by atoms with van der Waals surface area (Å²) in [5.74, 6) is 0.783. The summed E-state index contributed by atoms with van der Waals surface area (Å²) in [6.45, 7) is 3.45. The zero-order valence-corrected chi connectivity index (χ0v) is 11.1. The first-order valence-electron chi connectivity index (χ1n) is 6.66. The van der Waals surface area contributed by atoms with Crippen LogP contribution in [0, 0.1) is 0 Å². The summed E-state index contributed by atoms with van der Waals surface area (Å²) in [6, 6.07) is 0.599. The van der Waals surface area contributed by atoms with Gasteiger partial charge in [-0.05, 0) is 25.8 Å². The van der Waals surface area contributed by atoms with Crippen molar-refractivity contribution in [3.63, 3.8) is 0 Å². The molecule has 1 atom stereocenters. The molecule has 0 bridgehead atoms. The normalized spacial score (nSPS) is 22.5. The zero-order valence-electron chi connectivity index (χ0n) is 10.4. The van der Waals surface area contributed by atoms with E-state index in [0.717, 1.165) is 19.0 Å². The molecule has 1 aromatic rings. The Bertz CT molecular complexity index is 300. The quantitative estimate of drug-likeness (QED) is 0.755. The van der Waals surface area contributed by atoms with E-state index in [-0.39, 0.29) is 0 Å². The second-order valence-corrected chi connectivity index (χ2v) is 5.16. The molecule has 0 aromatic carbocycles. The molecule has 4 heteroatoms. The number of imidazole rings is 1. The molecule has 17 heavy (non-hydrogen) atoms. The number of hydrogen-bond acceptors (Lipinski definition) is 2. The molecule has 0 amide bonds. The first kappa shape index (κ1) is 12.9. The van der Waals surface area contributed by atoms with Crippen molar-refractivity contribution in [3.05, 3.63) is 18.7 Å². The summed E-state index contributed by atoms with van der Waals surface area (Å²) in [4.78, 5) is 6.64. The van der Waals surface area contributed by atoms with Crippen LogP contribution >= 0.6 is 11.6 Å². The van der Waals surface area contributed by atoms with E-state index in [1.807, 2.05) is 18.7 Å². The smallest absolute Gasteiger partial charge is 0.0945 e. The Balaban J connectivity index is 1.75. The van der Waals surface area contributed by atoms with E-state index in [9.17, 15) is 0 Å². The largest absolute Gasteiger partial charge is 0.337 e. The minimum absolute atomic E-state index is 0.599. The molecule has 0 aliphatic carbocycles. The van der Waals surface area contributed by atoms with Gasteiger partial charge in [0.2, 0.25) is 0 Å². The SMILES string of the molecule is ClCC1CCCCCN1CCCn1ccnc1. The molecule has 1 saturated heterocycles. The van der Waals surface area contributed by atoms with Gasteiger partial charge in [0.1, 0.15) is 0 Å². The number of alkyl halides is 1. The molecule has 0 N–H and O–H groups in total. The Morgan fingerprint density at radius 2 is 2.18 bits per heavy atom. The molecule has 96 valence electrons. The molecule has 2 heterocycles. The van der Waals surface area contributed by atoms with E-state index in [1.165, 1.54) is 38.6 Å². The lowest BCUT2D eigenvalue weighted by Gasteiger charge is -2.28. The predicted octanol–water partition coefficient (Wildman–Crippen LogP) is 2.76. The third-order valence-corrected chi connectivity index (χ3v) is 3.95. The van der Waals surface area contributed by atoms with E-state index in [4.69, 9.17) is 11.6 Å². The Morgan fingerprint density at radius 3 is 2.94 bits per heavy atom. The van der Waals surface area contributed by atoms with E-state index in [0.29, 0.717) is 6.04 Å². The first-order valence-corrected chi connectivity index (χ1v) is 7.19. The Morgan fingerprint density at radius 1 is 1.24 bits per heavy atom. The highest BCUT2D eigenvalue weighted by molar-refractivity contribution is 6.18. The van der Waals surface area contributed by atoms with Crippen molar-refractivity contribution in [2.75, 3.05) is 19.0 Å². The molecule has 1 unspecified atom stereocenters. The van der Waals surface area contributed by atoms with Gasteiger partial charge in [-0.15, -0.1) is 11.6 Å². The lowest BCUT2D eigenvalue weighted by atomic mass is 10.1. The molecule has 1 fully saturated rings. The van der Waals surface area contributed by atoms with Crippen LogP contribution in [0.25, 0.3) is 0 Å². The number of halogens is 1. The maximum absolute atomic E-state index is 6.07. The standard InChI is InChI=1S/C13H22ClN3/c14-11-13-5-2-1-3-8-17(13)9-4-7-16-10-6-15-12-16/h6,10,12-13H,1-5,7-9,11H2. The molecule has 2 rings (SSSR count). The lowest BCUT2D eigenvalue weighted by molar-refractivity contribution is 0.210. The van der Waals surface area contributed by atoms with E-state index < -0.39 is 0 Å². The van der Waals surface area contributed by atoms with Crippen LogP contribution in [-0.2, 0) is 6.54 Å². The fraction of sp³-hybridized carbons (Fsp3) is 0.769. The van der Waals surface area contributed by atoms with Gasteiger partial charge < -0.3 is 4.57 Å². The van der Waals surface area contributed by atoms with Crippen LogP contribution < -0.4 is 0 Å². The van der Waals surface area contributed by atoms with Crippen molar-refractivity contribution >= 4 is 11.6 Å². The van der Waals surface area contributed by atoms with Gasteiger partial charge in [0.05, 0.1) is 6.33 Å². The van der Waals surface area contributed by atoms with Gasteiger partial charge in [-0.2, -0.15) is 0 Å². The average molecular weight is 256 g/mol. The number of nitrogens with zero attached hydrogens (tertiary/aromatic N) is 3. The monoisotopic (exact) mass is 255 g/mol. The lowest BCUT2D eigenvalue weighted by Crippen LogP contribution is -2.37. The number of hydrogen-bond donors (Lipinski definition) is 0. The molecule has 0 spiro atoms. The third-order valence-electron chi connectivity index (χ3n) is 3.60. The highest BCUT2D eigenvalue weighted by Crippen LogP contribution is 2.18. The van der Waals surface area contributed by atoms with Crippen molar-refractivity contribution < 1.29 is 0 Å². The molecule has 1 aromatic heterocycles. The van der Waals surface area contributed by atoms with Crippen LogP contribution in [-0.4, -0.2) is 39.5 Å². The molecule has 1 aliphatic heterocycles. The summed E-state index contributed by atoms with van der Waals surface area (Å²) in [7, 11) is 0. The maximum Gasteiger partial charge on any atom is 0.0945 e. The second kappa shape index (κ2) is 7.02. The Hall–Kier alpha value is -0.540. The van der Waals surface area contributed by atoms with Crippen LogP contribution in [0.5, 0.6) is 0 Å². The van der Waals surface area contributed by atoms with Crippen LogP contribution in [0.1, 0.15) is 32.1 Å². The minimum atomic E-state index is 0.599. The molecule has 1 aliphatic rings.